The molecule has 96 valence electrons. The van der Waals surface area contributed by atoms with Crippen LogP contribution in [0.2, 0.25) is 0 Å². The van der Waals surface area contributed by atoms with Crippen molar-refractivity contribution in [3.63, 3.8) is 0 Å². The van der Waals surface area contributed by atoms with Crippen molar-refractivity contribution < 1.29 is 4.39 Å². The van der Waals surface area contributed by atoms with Gasteiger partial charge in [-0.25, -0.2) is 4.39 Å². The van der Waals surface area contributed by atoms with Gasteiger partial charge in [0, 0.05) is 5.69 Å². The minimum absolute atomic E-state index is 0.284. The Labute approximate surface area is 112 Å². The lowest BCUT2D eigenvalue weighted by Gasteiger charge is -2.15. The van der Waals surface area contributed by atoms with Gasteiger partial charge < -0.3 is 5.32 Å². The van der Waals surface area contributed by atoms with Crippen LogP contribution in [0.3, 0.4) is 0 Å². The van der Waals surface area contributed by atoms with Crippen LogP contribution < -0.4 is 5.32 Å². The predicted octanol–water partition coefficient (Wildman–Crippen LogP) is 4.12. The highest BCUT2D eigenvalue weighted by Gasteiger charge is 2.13. The highest BCUT2D eigenvalue weighted by atomic mass is 19.1. The van der Waals surface area contributed by atoms with Crippen LogP contribution in [0.15, 0.2) is 42.5 Å². The molecule has 0 saturated heterocycles. The summed E-state index contributed by atoms with van der Waals surface area (Å²) in [5.41, 5.74) is 3.61. The third kappa shape index (κ3) is 3.11. The first-order valence-corrected chi connectivity index (χ1v) is 6.09. The van der Waals surface area contributed by atoms with Gasteiger partial charge in [0.15, 0.2) is 0 Å². The van der Waals surface area contributed by atoms with E-state index in [0.29, 0.717) is 0 Å². The Hall–Kier alpha value is -2.34. The third-order valence-corrected chi connectivity index (χ3v) is 3.03. The summed E-state index contributed by atoms with van der Waals surface area (Å²) in [5, 5.41) is 12.4. The van der Waals surface area contributed by atoms with Gasteiger partial charge in [0.2, 0.25) is 0 Å². The number of benzene rings is 2. The molecule has 3 heteroatoms. The van der Waals surface area contributed by atoms with Crippen molar-refractivity contribution in [1.82, 2.24) is 0 Å². The monoisotopic (exact) mass is 254 g/mol. The summed E-state index contributed by atoms with van der Waals surface area (Å²) in [6.45, 7) is 3.81. The van der Waals surface area contributed by atoms with Crippen molar-refractivity contribution in [2.24, 2.45) is 0 Å². The van der Waals surface area contributed by atoms with Gasteiger partial charge in [-0.05, 0) is 49.2 Å². The van der Waals surface area contributed by atoms with Gasteiger partial charge in [0.25, 0.3) is 0 Å². The SMILES string of the molecule is Cc1ccc(NC(C#N)c2ccc(F)cc2C)cc1. The van der Waals surface area contributed by atoms with Crippen LogP contribution in [0.25, 0.3) is 0 Å². The lowest BCUT2D eigenvalue weighted by atomic mass is 10.0. The molecule has 0 aromatic heterocycles. The van der Waals surface area contributed by atoms with E-state index in [1.54, 1.807) is 13.0 Å². The fourth-order valence-corrected chi connectivity index (χ4v) is 1.96. The Balaban J connectivity index is 2.25. The van der Waals surface area contributed by atoms with E-state index in [0.717, 1.165) is 22.4 Å². The molecule has 0 saturated carbocycles. The lowest BCUT2D eigenvalue weighted by molar-refractivity contribution is 0.625. The maximum absolute atomic E-state index is 13.1. The molecule has 1 unspecified atom stereocenters. The highest BCUT2D eigenvalue weighted by molar-refractivity contribution is 5.49. The fourth-order valence-electron chi connectivity index (χ4n) is 1.96. The topological polar surface area (TPSA) is 35.8 Å². The number of anilines is 1. The standard InChI is InChI=1S/C16H15FN2/c1-11-3-6-14(7-4-11)19-16(10-18)15-8-5-13(17)9-12(15)2/h3-9,16,19H,1-2H3. The third-order valence-electron chi connectivity index (χ3n) is 3.03. The molecule has 0 aliphatic rings. The first kappa shape index (κ1) is 13.1. The summed E-state index contributed by atoms with van der Waals surface area (Å²) in [7, 11) is 0. The second-order valence-electron chi connectivity index (χ2n) is 4.57. The van der Waals surface area contributed by atoms with E-state index in [1.807, 2.05) is 31.2 Å². The molecule has 0 aliphatic heterocycles. The van der Waals surface area contributed by atoms with E-state index in [4.69, 9.17) is 0 Å². The number of hydrogen-bond donors (Lipinski definition) is 1. The molecule has 1 atom stereocenters. The smallest absolute Gasteiger partial charge is 0.140 e. The number of nitrogens with zero attached hydrogens (tertiary/aromatic N) is 1. The van der Waals surface area contributed by atoms with Crippen LogP contribution in [0, 0.1) is 31.0 Å². The lowest BCUT2D eigenvalue weighted by Crippen LogP contribution is -2.10. The van der Waals surface area contributed by atoms with Crippen LogP contribution in [0.4, 0.5) is 10.1 Å². The molecular weight excluding hydrogens is 239 g/mol. The Bertz CT molecular complexity index is 612. The summed E-state index contributed by atoms with van der Waals surface area (Å²) < 4.78 is 13.1. The first-order valence-electron chi connectivity index (χ1n) is 6.09. The van der Waals surface area contributed by atoms with Gasteiger partial charge in [0.05, 0.1) is 6.07 Å². The largest absolute Gasteiger partial charge is 0.366 e. The number of hydrogen-bond acceptors (Lipinski definition) is 2. The predicted molar refractivity (Wildman–Crippen MR) is 74.3 cm³/mol. The summed E-state index contributed by atoms with van der Waals surface area (Å²) >= 11 is 0. The van der Waals surface area contributed by atoms with Crippen LogP contribution in [-0.2, 0) is 0 Å². The average molecular weight is 254 g/mol. The number of halogens is 1. The molecule has 0 amide bonds. The van der Waals surface area contributed by atoms with Crippen LogP contribution in [-0.4, -0.2) is 0 Å². The maximum Gasteiger partial charge on any atom is 0.140 e. The molecule has 2 nitrogen and oxygen atoms in total. The van der Waals surface area contributed by atoms with Gasteiger partial charge in [-0.2, -0.15) is 5.26 Å². The molecule has 0 spiro atoms. The van der Waals surface area contributed by atoms with Gasteiger partial charge in [0.1, 0.15) is 11.9 Å². The minimum atomic E-state index is -0.483. The number of aryl methyl sites for hydroxylation is 2. The van der Waals surface area contributed by atoms with Crippen molar-refractivity contribution in [2.45, 2.75) is 19.9 Å². The van der Waals surface area contributed by atoms with Gasteiger partial charge in [-0.1, -0.05) is 23.8 Å². The zero-order valence-electron chi connectivity index (χ0n) is 10.9. The maximum atomic E-state index is 13.1. The highest BCUT2D eigenvalue weighted by Crippen LogP contribution is 2.23. The molecule has 0 fully saturated rings. The van der Waals surface area contributed by atoms with Gasteiger partial charge in [-0.3, -0.25) is 0 Å². The van der Waals surface area contributed by atoms with Crippen molar-refractivity contribution in [3.05, 3.63) is 65.0 Å². The zero-order valence-corrected chi connectivity index (χ0v) is 10.9. The second-order valence-corrected chi connectivity index (χ2v) is 4.57. The zero-order chi connectivity index (χ0) is 13.8. The Morgan fingerprint density at radius 2 is 1.79 bits per heavy atom. The Morgan fingerprint density at radius 1 is 1.11 bits per heavy atom. The quantitative estimate of drug-likeness (QED) is 0.894. The summed E-state index contributed by atoms with van der Waals surface area (Å²) in [6, 6.07) is 14.0. The van der Waals surface area contributed by atoms with Crippen molar-refractivity contribution >= 4 is 5.69 Å². The van der Waals surface area contributed by atoms with E-state index in [-0.39, 0.29) is 5.82 Å². The fraction of sp³-hybridized carbons (Fsp3) is 0.188. The van der Waals surface area contributed by atoms with Crippen LogP contribution in [0.5, 0.6) is 0 Å². The molecule has 2 aromatic rings. The molecule has 19 heavy (non-hydrogen) atoms. The second kappa shape index (κ2) is 5.53. The number of nitriles is 1. The average Bonchev–Trinajstić information content (AvgIpc) is 2.39. The molecule has 0 aliphatic carbocycles. The van der Waals surface area contributed by atoms with E-state index >= 15 is 0 Å². The van der Waals surface area contributed by atoms with E-state index in [9.17, 15) is 9.65 Å². The molecule has 0 heterocycles. The van der Waals surface area contributed by atoms with E-state index < -0.39 is 6.04 Å². The Kier molecular flexibility index (Phi) is 3.82. The molecule has 0 radical (unpaired) electrons. The molecule has 0 bridgehead atoms. The summed E-state index contributed by atoms with van der Waals surface area (Å²) in [6.07, 6.45) is 0. The normalized spacial score (nSPS) is 11.7. The van der Waals surface area contributed by atoms with Gasteiger partial charge in [-0.15, -0.1) is 0 Å². The summed E-state index contributed by atoms with van der Waals surface area (Å²) in [5.74, 6) is -0.284. The van der Waals surface area contributed by atoms with Crippen molar-refractivity contribution in [1.29, 1.82) is 5.26 Å². The minimum Gasteiger partial charge on any atom is -0.366 e. The molecule has 2 rings (SSSR count). The first-order chi connectivity index (χ1) is 9.10. The van der Waals surface area contributed by atoms with Crippen molar-refractivity contribution in [3.8, 4) is 6.07 Å². The molecule has 1 N–H and O–H groups in total. The van der Waals surface area contributed by atoms with E-state index in [1.165, 1.54) is 12.1 Å². The molecular formula is C16H15FN2. The van der Waals surface area contributed by atoms with E-state index in [2.05, 4.69) is 11.4 Å². The number of nitrogens with one attached hydrogen (secondary N) is 1. The van der Waals surface area contributed by atoms with Crippen LogP contribution in [0.1, 0.15) is 22.7 Å². The summed E-state index contributed by atoms with van der Waals surface area (Å²) in [4.78, 5) is 0. The Morgan fingerprint density at radius 3 is 2.37 bits per heavy atom. The van der Waals surface area contributed by atoms with Gasteiger partial charge >= 0.3 is 0 Å². The number of rotatable bonds is 3. The van der Waals surface area contributed by atoms with Crippen LogP contribution >= 0.6 is 0 Å². The molecule has 2 aromatic carbocycles. The van der Waals surface area contributed by atoms with Crippen molar-refractivity contribution in [2.75, 3.05) is 5.32 Å².